The predicted octanol–water partition coefficient (Wildman–Crippen LogP) is -0.121. The monoisotopic (exact) mass is 239 g/mol. The van der Waals surface area contributed by atoms with Crippen molar-refractivity contribution in [3.8, 4) is 0 Å². The van der Waals surface area contributed by atoms with E-state index in [-0.39, 0.29) is 6.10 Å². The first kappa shape index (κ1) is 11.9. The van der Waals surface area contributed by atoms with Gasteiger partial charge in [-0.1, -0.05) is 6.42 Å². The van der Waals surface area contributed by atoms with Gasteiger partial charge in [0.25, 0.3) is 0 Å². The fourth-order valence-corrected chi connectivity index (χ4v) is 3.63. The maximum absolute atomic E-state index is 9.53. The molecule has 4 heteroatoms. The second-order valence-electron chi connectivity index (χ2n) is 5.94. The molecule has 17 heavy (non-hydrogen) atoms. The molecule has 0 spiro atoms. The summed E-state index contributed by atoms with van der Waals surface area (Å²) in [5.74, 6) is 0. The van der Waals surface area contributed by atoms with Gasteiger partial charge in [0.1, 0.15) is 0 Å². The van der Waals surface area contributed by atoms with E-state index in [4.69, 9.17) is 0 Å². The zero-order valence-electron chi connectivity index (χ0n) is 10.6. The van der Waals surface area contributed by atoms with Crippen molar-refractivity contribution in [3.63, 3.8) is 0 Å². The van der Waals surface area contributed by atoms with Gasteiger partial charge in [-0.2, -0.15) is 0 Å². The molecule has 0 aliphatic carbocycles. The number of hydrogen-bond donors (Lipinski definition) is 2. The van der Waals surface area contributed by atoms with Crippen LogP contribution in [0.4, 0.5) is 0 Å². The van der Waals surface area contributed by atoms with E-state index in [0.717, 1.165) is 25.6 Å². The van der Waals surface area contributed by atoms with Crippen molar-refractivity contribution in [2.24, 2.45) is 0 Å². The lowest BCUT2D eigenvalue weighted by atomic mass is 9.99. The van der Waals surface area contributed by atoms with E-state index in [2.05, 4.69) is 15.1 Å². The quantitative estimate of drug-likeness (QED) is 0.705. The van der Waals surface area contributed by atoms with E-state index in [1.807, 2.05) is 0 Å². The van der Waals surface area contributed by atoms with E-state index in [1.165, 1.54) is 45.4 Å². The van der Waals surface area contributed by atoms with Crippen LogP contribution in [0, 0.1) is 0 Å². The lowest BCUT2D eigenvalue weighted by Crippen LogP contribution is -2.56. The summed E-state index contributed by atoms with van der Waals surface area (Å²) in [4.78, 5) is 5.28. The Hall–Kier alpha value is -0.160. The summed E-state index contributed by atoms with van der Waals surface area (Å²) in [5, 5.41) is 12.9. The summed E-state index contributed by atoms with van der Waals surface area (Å²) in [6.45, 7) is 6.94. The molecule has 0 radical (unpaired) electrons. The highest BCUT2D eigenvalue weighted by Gasteiger charge is 2.31. The molecule has 0 aromatic rings. The average molecular weight is 239 g/mol. The van der Waals surface area contributed by atoms with Crippen LogP contribution in [-0.2, 0) is 0 Å². The molecule has 0 aromatic heterocycles. The molecule has 3 atom stereocenters. The number of piperazine rings is 1. The average Bonchev–Trinajstić information content (AvgIpc) is 2.75. The molecule has 3 fully saturated rings. The van der Waals surface area contributed by atoms with Crippen molar-refractivity contribution in [2.75, 3.05) is 39.3 Å². The fourth-order valence-electron chi connectivity index (χ4n) is 3.63. The highest BCUT2D eigenvalue weighted by molar-refractivity contribution is 4.89. The Morgan fingerprint density at radius 3 is 2.94 bits per heavy atom. The van der Waals surface area contributed by atoms with Crippen molar-refractivity contribution in [2.45, 2.75) is 43.9 Å². The molecule has 0 aromatic carbocycles. The maximum atomic E-state index is 9.53. The Bertz CT molecular complexity index is 259. The van der Waals surface area contributed by atoms with Crippen molar-refractivity contribution in [1.82, 2.24) is 15.1 Å². The Morgan fingerprint density at radius 1 is 1.18 bits per heavy atom. The van der Waals surface area contributed by atoms with Crippen molar-refractivity contribution >= 4 is 0 Å². The Labute approximate surface area is 104 Å². The minimum atomic E-state index is -0.115. The summed E-state index contributed by atoms with van der Waals surface area (Å²) in [7, 11) is 0. The van der Waals surface area contributed by atoms with E-state index in [9.17, 15) is 5.11 Å². The number of fused-ring (bicyclic) bond motifs is 1. The molecule has 0 amide bonds. The molecule has 0 bridgehead atoms. The van der Waals surface area contributed by atoms with Gasteiger partial charge in [-0.15, -0.1) is 0 Å². The molecule has 3 aliphatic rings. The molecule has 3 heterocycles. The number of aliphatic hydroxyl groups excluding tert-OH is 1. The first-order valence-electron chi connectivity index (χ1n) is 7.19. The summed E-state index contributed by atoms with van der Waals surface area (Å²) in [5.41, 5.74) is 0. The third-order valence-electron chi connectivity index (χ3n) is 4.60. The van der Waals surface area contributed by atoms with Crippen LogP contribution in [0.2, 0.25) is 0 Å². The molecule has 3 rings (SSSR count). The van der Waals surface area contributed by atoms with Crippen LogP contribution >= 0.6 is 0 Å². The van der Waals surface area contributed by atoms with Crippen LogP contribution in [0.15, 0.2) is 0 Å². The number of nitrogens with one attached hydrogen (secondary N) is 1. The largest absolute Gasteiger partial charge is 0.392 e. The van der Waals surface area contributed by atoms with Gasteiger partial charge in [-0.25, -0.2) is 0 Å². The van der Waals surface area contributed by atoms with E-state index in [1.54, 1.807) is 0 Å². The highest BCUT2D eigenvalue weighted by Crippen LogP contribution is 2.21. The van der Waals surface area contributed by atoms with Crippen LogP contribution in [-0.4, -0.2) is 72.4 Å². The van der Waals surface area contributed by atoms with Crippen molar-refractivity contribution < 1.29 is 5.11 Å². The van der Waals surface area contributed by atoms with E-state index in [0.29, 0.717) is 6.04 Å². The Morgan fingerprint density at radius 2 is 2.12 bits per heavy atom. The standard InChI is InChI=1S/C13H25N3O/c17-13-7-11(14-8-13)9-15-5-6-16-4-2-1-3-12(16)10-15/h11-14,17H,1-10H2. The molecule has 3 saturated heterocycles. The van der Waals surface area contributed by atoms with E-state index < -0.39 is 0 Å². The molecule has 4 nitrogen and oxygen atoms in total. The number of nitrogens with zero attached hydrogens (tertiary/aromatic N) is 2. The molecular formula is C13H25N3O. The second kappa shape index (κ2) is 5.22. The maximum Gasteiger partial charge on any atom is 0.0680 e. The third-order valence-corrected chi connectivity index (χ3v) is 4.60. The number of β-amino-alcohol motifs (C(OH)–C–C–N with tert-alkyl or cyclic N) is 1. The normalized spacial score (nSPS) is 40.4. The summed E-state index contributed by atoms with van der Waals surface area (Å²) in [6, 6.07) is 1.32. The molecule has 3 unspecified atom stereocenters. The third kappa shape index (κ3) is 2.81. The SMILES string of the molecule is OC1CNC(CN2CCN3CCCCC3C2)C1. The molecule has 2 N–H and O–H groups in total. The van der Waals surface area contributed by atoms with Gasteiger partial charge in [-0.3, -0.25) is 9.80 Å². The smallest absolute Gasteiger partial charge is 0.0680 e. The molecule has 0 saturated carbocycles. The summed E-state index contributed by atoms with van der Waals surface area (Å²) in [6.07, 6.45) is 5.01. The number of rotatable bonds is 2. The fraction of sp³-hybridized carbons (Fsp3) is 1.00. The first-order chi connectivity index (χ1) is 8.31. The zero-order valence-corrected chi connectivity index (χ0v) is 10.6. The molecule has 3 aliphatic heterocycles. The van der Waals surface area contributed by atoms with Crippen LogP contribution in [0.5, 0.6) is 0 Å². The minimum Gasteiger partial charge on any atom is -0.392 e. The van der Waals surface area contributed by atoms with Gasteiger partial charge >= 0.3 is 0 Å². The van der Waals surface area contributed by atoms with Crippen molar-refractivity contribution in [1.29, 1.82) is 0 Å². The van der Waals surface area contributed by atoms with Gasteiger partial charge < -0.3 is 10.4 Å². The predicted molar refractivity (Wildman–Crippen MR) is 68.1 cm³/mol. The van der Waals surface area contributed by atoms with Crippen molar-refractivity contribution in [3.05, 3.63) is 0 Å². The van der Waals surface area contributed by atoms with Gasteiger partial charge in [0.15, 0.2) is 0 Å². The number of piperidine rings is 1. The zero-order chi connectivity index (χ0) is 11.7. The molecular weight excluding hydrogens is 214 g/mol. The van der Waals surface area contributed by atoms with Gasteiger partial charge in [0.2, 0.25) is 0 Å². The Balaban J connectivity index is 1.48. The summed E-state index contributed by atoms with van der Waals surface area (Å²) < 4.78 is 0. The highest BCUT2D eigenvalue weighted by atomic mass is 16.3. The van der Waals surface area contributed by atoms with E-state index >= 15 is 0 Å². The topological polar surface area (TPSA) is 38.7 Å². The Kier molecular flexibility index (Phi) is 3.66. The van der Waals surface area contributed by atoms with Crippen LogP contribution in [0.3, 0.4) is 0 Å². The van der Waals surface area contributed by atoms with Crippen LogP contribution < -0.4 is 5.32 Å². The van der Waals surface area contributed by atoms with Gasteiger partial charge in [0, 0.05) is 44.8 Å². The molecule has 98 valence electrons. The number of hydrogen-bond acceptors (Lipinski definition) is 4. The first-order valence-corrected chi connectivity index (χ1v) is 7.19. The summed E-state index contributed by atoms with van der Waals surface area (Å²) >= 11 is 0. The van der Waals surface area contributed by atoms with Gasteiger partial charge in [0.05, 0.1) is 6.10 Å². The van der Waals surface area contributed by atoms with Gasteiger partial charge in [-0.05, 0) is 25.8 Å². The number of aliphatic hydroxyl groups is 1. The van der Waals surface area contributed by atoms with Crippen LogP contribution in [0.1, 0.15) is 25.7 Å². The lowest BCUT2D eigenvalue weighted by molar-refractivity contribution is 0.0451. The lowest BCUT2D eigenvalue weighted by Gasteiger charge is -2.44. The minimum absolute atomic E-state index is 0.115. The van der Waals surface area contributed by atoms with Crippen LogP contribution in [0.25, 0.3) is 0 Å². The second-order valence-corrected chi connectivity index (χ2v) is 5.94.